The second-order valence-corrected chi connectivity index (χ2v) is 5.87. The van der Waals surface area contributed by atoms with E-state index >= 15 is 0 Å². The van der Waals surface area contributed by atoms with Gasteiger partial charge in [-0.3, -0.25) is 0 Å². The molecule has 6 heteroatoms. The van der Waals surface area contributed by atoms with Gasteiger partial charge in [0.2, 0.25) is 0 Å². The van der Waals surface area contributed by atoms with Crippen LogP contribution in [-0.4, -0.2) is 13.1 Å². The van der Waals surface area contributed by atoms with Crippen LogP contribution in [0.4, 0.5) is 5.69 Å². The molecule has 1 aromatic carbocycles. The maximum absolute atomic E-state index is 11.5. The molecule has 0 spiro atoms. The number of aryl methyl sites for hydroxylation is 2. The smallest absolute Gasteiger partial charge is 0.341 e. The van der Waals surface area contributed by atoms with Crippen LogP contribution >= 0.6 is 27.5 Å². The van der Waals surface area contributed by atoms with Gasteiger partial charge in [-0.25, -0.2) is 4.79 Å². The Kier molecular flexibility index (Phi) is 4.96. The van der Waals surface area contributed by atoms with E-state index in [-0.39, 0.29) is 0 Å². The predicted molar refractivity (Wildman–Crippen MR) is 86.0 cm³/mol. The van der Waals surface area contributed by atoms with Crippen LogP contribution < -0.4 is 5.32 Å². The summed E-state index contributed by atoms with van der Waals surface area (Å²) in [6, 6.07) is 5.47. The molecule has 0 fully saturated rings. The summed E-state index contributed by atoms with van der Waals surface area (Å²) in [5.74, 6) is 0.790. The minimum absolute atomic E-state index is 0.401. The van der Waals surface area contributed by atoms with Crippen molar-refractivity contribution in [2.45, 2.75) is 20.4 Å². The first-order chi connectivity index (χ1) is 9.92. The molecule has 0 unspecified atom stereocenters. The quantitative estimate of drug-likeness (QED) is 0.790. The van der Waals surface area contributed by atoms with E-state index in [9.17, 15) is 4.79 Å². The van der Waals surface area contributed by atoms with E-state index in [0.717, 1.165) is 15.7 Å². The summed E-state index contributed by atoms with van der Waals surface area (Å²) in [5, 5.41) is 3.90. The molecule has 0 saturated heterocycles. The highest BCUT2D eigenvalue weighted by Crippen LogP contribution is 2.29. The molecule has 0 aliphatic carbocycles. The Morgan fingerprint density at radius 2 is 2.10 bits per heavy atom. The molecule has 0 amide bonds. The van der Waals surface area contributed by atoms with Crippen LogP contribution in [0.25, 0.3) is 0 Å². The van der Waals surface area contributed by atoms with E-state index in [2.05, 4.69) is 21.2 Å². The van der Waals surface area contributed by atoms with Crippen LogP contribution in [0.1, 0.15) is 27.4 Å². The van der Waals surface area contributed by atoms with Crippen molar-refractivity contribution in [2.75, 3.05) is 12.4 Å². The van der Waals surface area contributed by atoms with E-state index in [1.54, 1.807) is 13.0 Å². The Morgan fingerprint density at radius 3 is 2.76 bits per heavy atom. The molecule has 4 nitrogen and oxygen atoms in total. The molecule has 1 heterocycles. The molecule has 1 aromatic heterocycles. The zero-order valence-corrected chi connectivity index (χ0v) is 14.3. The van der Waals surface area contributed by atoms with Gasteiger partial charge in [0, 0.05) is 9.50 Å². The van der Waals surface area contributed by atoms with Crippen molar-refractivity contribution in [3.63, 3.8) is 0 Å². The second kappa shape index (κ2) is 6.54. The average Bonchev–Trinajstić information content (AvgIpc) is 2.81. The highest BCUT2D eigenvalue weighted by molar-refractivity contribution is 9.10. The number of carbonyl (C=O) groups excluding carboxylic acids is 1. The van der Waals surface area contributed by atoms with Crippen LogP contribution in [0, 0.1) is 13.8 Å². The zero-order valence-electron chi connectivity index (χ0n) is 11.9. The molecule has 21 heavy (non-hydrogen) atoms. The first-order valence-corrected chi connectivity index (χ1v) is 7.46. The minimum atomic E-state index is -0.401. The van der Waals surface area contributed by atoms with Gasteiger partial charge in [0.15, 0.2) is 0 Å². The largest absolute Gasteiger partial charge is 0.465 e. The van der Waals surface area contributed by atoms with Gasteiger partial charge in [-0.2, -0.15) is 0 Å². The van der Waals surface area contributed by atoms with Gasteiger partial charge in [-0.1, -0.05) is 11.6 Å². The lowest BCUT2D eigenvalue weighted by Gasteiger charge is -2.09. The normalized spacial score (nSPS) is 10.5. The van der Waals surface area contributed by atoms with E-state index in [1.165, 1.54) is 7.11 Å². The molecule has 112 valence electrons. The fraction of sp³-hybridized carbons (Fsp3) is 0.267. The summed E-state index contributed by atoms with van der Waals surface area (Å²) in [6.45, 7) is 4.11. The highest BCUT2D eigenvalue weighted by atomic mass is 79.9. The van der Waals surface area contributed by atoms with Crippen molar-refractivity contribution < 1.29 is 13.9 Å². The Balaban J connectivity index is 2.14. The second-order valence-electron chi connectivity index (χ2n) is 4.61. The van der Waals surface area contributed by atoms with E-state index < -0.39 is 5.97 Å². The third-order valence-corrected chi connectivity index (χ3v) is 4.14. The average molecular weight is 373 g/mol. The first kappa shape index (κ1) is 15.9. The van der Waals surface area contributed by atoms with Crippen molar-refractivity contribution >= 4 is 39.2 Å². The van der Waals surface area contributed by atoms with Gasteiger partial charge in [-0.15, -0.1) is 0 Å². The van der Waals surface area contributed by atoms with Crippen LogP contribution in [-0.2, 0) is 11.3 Å². The van der Waals surface area contributed by atoms with Crippen molar-refractivity contribution in [3.8, 4) is 0 Å². The van der Waals surface area contributed by atoms with Gasteiger partial charge >= 0.3 is 5.97 Å². The summed E-state index contributed by atoms with van der Waals surface area (Å²) < 4.78 is 11.2. The molecule has 1 N–H and O–H groups in total. The molecule has 2 rings (SSSR count). The van der Waals surface area contributed by atoms with Crippen LogP contribution in [0.2, 0.25) is 5.02 Å². The van der Waals surface area contributed by atoms with Gasteiger partial charge in [-0.05, 0) is 53.5 Å². The maximum Gasteiger partial charge on any atom is 0.341 e. The predicted octanol–water partition coefficient (Wildman–Crippen LogP) is 4.71. The third kappa shape index (κ3) is 3.60. The van der Waals surface area contributed by atoms with Crippen molar-refractivity contribution in [1.29, 1.82) is 0 Å². The van der Waals surface area contributed by atoms with Gasteiger partial charge in [0.05, 0.1) is 19.3 Å². The Morgan fingerprint density at radius 1 is 1.38 bits per heavy atom. The summed E-state index contributed by atoms with van der Waals surface area (Å²) >= 11 is 9.59. The van der Waals surface area contributed by atoms with E-state index in [1.807, 2.05) is 19.1 Å². The SMILES string of the molecule is COC(=O)c1cc(CNc2cc(Cl)c(C)cc2Br)oc1C. The number of hydrogen-bond donors (Lipinski definition) is 1. The number of nitrogens with one attached hydrogen (secondary N) is 1. The van der Waals surface area contributed by atoms with E-state index in [0.29, 0.717) is 28.7 Å². The van der Waals surface area contributed by atoms with Crippen molar-refractivity contribution in [3.05, 3.63) is 50.3 Å². The number of ether oxygens (including phenoxy) is 1. The maximum atomic E-state index is 11.5. The van der Waals surface area contributed by atoms with Gasteiger partial charge in [0.1, 0.15) is 17.1 Å². The van der Waals surface area contributed by atoms with Crippen LogP contribution in [0.5, 0.6) is 0 Å². The number of esters is 1. The Hall–Kier alpha value is -1.46. The zero-order chi connectivity index (χ0) is 15.6. The lowest BCUT2D eigenvalue weighted by atomic mass is 10.2. The van der Waals surface area contributed by atoms with E-state index in [4.69, 9.17) is 20.8 Å². The summed E-state index contributed by atoms with van der Waals surface area (Å²) in [6.07, 6.45) is 0. The molecular weight excluding hydrogens is 358 g/mol. The molecule has 0 radical (unpaired) electrons. The highest BCUT2D eigenvalue weighted by Gasteiger charge is 2.15. The number of halogens is 2. The Bertz CT molecular complexity index is 682. The number of carbonyl (C=O) groups is 1. The fourth-order valence-electron chi connectivity index (χ4n) is 1.91. The van der Waals surface area contributed by atoms with Crippen LogP contribution in [0.15, 0.2) is 27.1 Å². The number of hydrogen-bond acceptors (Lipinski definition) is 4. The Labute approximate surface area is 136 Å². The van der Waals surface area contributed by atoms with Gasteiger partial charge < -0.3 is 14.5 Å². The first-order valence-electron chi connectivity index (χ1n) is 6.29. The van der Waals surface area contributed by atoms with Crippen molar-refractivity contribution in [2.24, 2.45) is 0 Å². The fourth-order valence-corrected chi connectivity index (χ4v) is 2.67. The molecule has 2 aromatic rings. The molecule has 0 saturated carbocycles. The van der Waals surface area contributed by atoms with Crippen LogP contribution in [0.3, 0.4) is 0 Å². The molecule has 0 atom stereocenters. The number of rotatable bonds is 4. The molecule has 0 aliphatic rings. The summed E-state index contributed by atoms with van der Waals surface area (Å²) in [4.78, 5) is 11.5. The summed E-state index contributed by atoms with van der Waals surface area (Å²) in [5.41, 5.74) is 2.30. The third-order valence-electron chi connectivity index (χ3n) is 3.08. The standard InChI is InChI=1S/C15H15BrClNO3/c1-8-4-12(16)14(6-13(8)17)18-7-10-5-11(9(2)21-10)15(19)20-3/h4-6,18H,7H2,1-3H3. The van der Waals surface area contributed by atoms with Crippen molar-refractivity contribution in [1.82, 2.24) is 0 Å². The molecule has 0 aliphatic heterocycles. The molecular formula is C15H15BrClNO3. The molecule has 0 bridgehead atoms. The van der Waals surface area contributed by atoms with Gasteiger partial charge in [0.25, 0.3) is 0 Å². The number of anilines is 1. The topological polar surface area (TPSA) is 51.5 Å². The monoisotopic (exact) mass is 371 g/mol. The number of methoxy groups -OCH3 is 1. The number of furan rings is 1. The lowest BCUT2D eigenvalue weighted by Crippen LogP contribution is -2.01. The minimum Gasteiger partial charge on any atom is -0.465 e. The number of benzene rings is 1. The lowest BCUT2D eigenvalue weighted by molar-refractivity contribution is 0.0599. The summed E-state index contributed by atoms with van der Waals surface area (Å²) in [7, 11) is 1.35.